The van der Waals surface area contributed by atoms with E-state index >= 15 is 0 Å². The molecule has 0 aliphatic heterocycles. The van der Waals surface area contributed by atoms with Gasteiger partial charge in [0.05, 0.1) is 21.3 Å². The molecule has 0 aliphatic rings. The van der Waals surface area contributed by atoms with Crippen LogP contribution in [0.4, 0.5) is 0 Å². The highest BCUT2D eigenvalue weighted by molar-refractivity contribution is 5.81. The van der Waals surface area contributed by atoms with Crippen molar-refractivity contribution in [3.8, 4) is 11.5 Å². The van der Waals surface area contributed by atoms with Crippen LogP contribution in [0.2, 0.25) is 0 Å². The Morgan fingerprint density at radius 2 is 1.20 bits per heavy atom. The van der Waals surface area contributed by atoms with Gasteiger partial charge in [-0.05, 0) is 47.4 Å². The van der Waals surface area contributed by atoms with E-state index in [0.717, 1.165) is 28.2 Å². The number of allylic oxidation sites excluding steroid dienone is 1. The van der Waals surface area contributed by atoms with Crippen LogP contribution < -0.4 is 9.47 Å². The van der Waals surface area contributed by atoms with Crippen LogP contribution >= 0.6 is 0 Å². The van der Waals surface area contributed by atoms with Gasteiger partial charge in [0.15, 0.2) is 0 Å². The minimum atomic E-state index is -0.510. The van der Waals surface area contributed by atoms with Crippen LogP contribution in [0, 0.1) is 0 Å². The monoisotopic (exact) mass is 402 g/mol. The maximum Gasteiger partial charge on any atom is 0.330 e. The van der Waals surface area contributed by atoms with Crippen LogP contribution in [-0.4, -0.2) is 27.3 Å². The number of hydrogen-bond acceptors (Lipinski definition) is 4. The van der Waals surface area contributed by atoms with Crippen molar-refractivity contribution >= 4 is 5.97 Å². The predicted octanol–water partition coefficient (Wildman–Crippen LogP) is 5.16. The molecule has 0 unspecified atom stereocenters. The fourth-order valence-electron chi connectivity index (χ4n) is 3.73. The molecule has 0 fully saturated rings. The average molecular weight is 402 g/mol. The van der Waals surface area contributed by atoms with E-state index in [0.29, 0.717) is 6.42 Å². The van der Waals surface area contributed by atoms with Gasteiger partial charge < -0.3 is 14.2 Å². The number of methoxy groups -OCH3 is 3. The van der Waals surface area contributed by atoms with E-state index in [1.54, 1.807) is 14.2 Å². The second-order valence-corrected chi connectivity index (χ2v) is 6.86. The minimum Gasteiger partial charge on any atom is -0.497 e. The third-order valence-corrected chi connectivity index (χ3v) is 5.31. The Bertz CT molecular complexity index is 926. The van der Waals surface area contributed by atoms with Crippen molar-refractivity contribution in [2.45, 2.75) is 11.8 Å². The van der Waals surface area contributed by atoms with Crippen molar-refractivity contribution < 1.29 is 19.0 Å². The van der Waals surface area contributed by atoms with Gasteiger partial charge in [0, 0.05) is 11.5 Å². The second-order valence-electron chi connectivity index (χ2n) is 6.86. The zero-order valence-electron chi connectivity index (χ0n) is 17.5. The number of benzene rings is 3. The topological polar surface area (TPSA) is 44.8 Å². The maximum absolute atomic E-state index is 11.7. The molecule has 0 N–H and O–H groups in total. The van der Waals surface area contributed by atoms with E-state index in [9.17, 15) is 4.79 Å². The van der Waals surface area contributed by atoms with Gasteiger partial charge in [0.25, 0.3) is 0 Å². The summed E-state index contributed by atoms with van der Waals surface area (Å²) in [5.74, 6) is 1.21. The number of carbonyl (C=O) groups excluding carboxylic acids is 1. The van der Waals surface area contributed by atoms with Crippen molar-refractivity contribution in [1.29, 1.82) is 0 Å². The van der Waals surface area contributed by atoms with Crippen molar-refractivity contribution in [3.05, 3.63) is 108 Å². The zero-order chi connectivity index (χ0) is 21.4. The lowest BCUT2D eigenvalue weighted by molar-refractivity contribution is -0.134. The first kappa shape index (κ1) is 21.2. The van der Waals surface area contributed by atoms with Gasteiger partial charge in [-0.3, -0.25) is 0 Å². The molecule has 0 aliphatic carbocycles. The number of rotatable bonds is 8. The van der Waals surface area contributed by atoms with Crippen LogP contribution in [0.1, 0.15) is 23.1 Å². The third kappa shape index (κ3) is 4.38. The van der Waals surface area contributed by atoms with Gasteiger partial charge in [-0.25, -0.2) is 4.79 Å². The summed E-state index contributed by atoms with van der Waals surface area (Å²) in [6, 6.07) is 26.4. The summed E-state index contributed by atoms with van der Waals surface area (Å²) in [5, 5.41) is 0. The Balaban J connectivity index is 2.23. The highest BCUT2D eigenvalue weighted by atomic mass is 16.5. The van der Waals surface area contributed by atoms with Crippen molar-refractivity contribution in [3.63, 3.8) is 0 Å². The zero-order valence-corrected chi connectivity index (χ0v) is 17.5. The van der Waals surface area contributed by atoms with Crippen LogP contribution in [0.5, 0.6) is 11.5 Å². The standard InChI is InChI=1S/C26H26O4/c1-28-23-15-11-21(12-16-23)26(19-7-10-25(27)30-3,20-8-5-4-6-9-20)22-13-17-24(29-2)18-14-22/h4-18H,19H2,1-3H3. The molecule has 3 aromatic rings. The molecule has 0 aromatic heterocycles. The van der Waals surface area contributed by atoms with E-state index in [1.165, 1.54) is 13.2 Å². The lowest BCUT2D eigenvalue weighted by Crippen LogP contribution is -2.29. The molecular weight excluding hydrogens is 376 g/mol. The molecule has 0 heterocycles. The van der Waals surface area contributed by atoms with Gasteiger partial charge in [0.1, 0.15) is 11.5 Å². The van der Waals surface area contributed by atoms with Gasteiger partial charge in [0.2, 0.25) is 0 Å². The molecule has 3 aromatic carbocycles. The average Bonchev–Trinajstić information content (AvgIpc) is 2.82. The molecule has 0 spiro atoms. The van der Waals surface area contributed by atoms with E-state index in [1.807, 2.05) is 48.5 Å². The van der Waals surface area contributed by atoms with E-state index in [-0.39, 0.29) is 5.97 Å². The van der Waals surface area contributed by atoms with Gasteiger partial charge >= 0.3 is 5.97 Å². The summed E-state index contributed by atoms with van der Waals surface area (Å²) in [4.78, 5) is 11.7. The molecule has 4 heteroatoms. The van der Waals surface area contributed by atoms with Crippen LogP contribution in [-0.2, 0) is 14.9 Å². The van der Waals surface area contributed by atoms with Crippen LogP contribution in [0.25, 0.3) is 0 Å². The van der Waals surface area contributed by atoms with Crippen LogP contribution in [0.15, 0.2) is 91.0 Å². The van der Waals surface area contributed by atoms with Crippen LogP contribution in [0.3, 0.4) is 0 Å². The largest absolute Gasteiger partial charge is 0.497 e. The molecule has 0 saturated heterocycles. The Kier molecular flexibility index (Phi) is 6.91. The molecule has 0 atom stereocenters. The molecular formula is C26H26O4. The quantitative estimate of drug-likeness (QED) is 0.297. The number of carbonyl (C=O) groups is 1. The predicted molar refractivity (Wildman–Crippen MR) is 118 cm³/mol. The summed E-state index contributed by atoms with van der Waals surface area (Å²) < 4.78 is 15.5. The molecule has 3 rings (SSSR count). The van der Waals surface area contributed by atoms with Gasteiger partial charge in [-0.2, -0.15) is 0 Å². The molecule has 0 bridgehead atoms. The third-order valence-electron chi connectivity index (χ3n) is 5.31. The number of esters is 1. The highest BCUT2D eigenvalue weighted by Gasteiger charge is 2.35. The smallest absolute Gasteiger partial charge is 0.330 e. The molecule has 154 valence electrons. The fourth-order valence-corrected chi connectivity index (χ4v) is 3.73. The minimum absolute atomic E-state index is 0.374. The SMILES string of the molecule is COC(=O)C=CCC(c1ccccc1)(c1ccc(OC)cc1)c1ccc(OC)cc1. The fraction of sp³-hybridized carbons (Fsp3) is 0.192. The number of ether oxygens (including phenoxy) is 3. The first-order valence-corrected chi connectivity index (χ1v) is 9.73. The summed E-state index contributed by atoms with van der Waals surface area (Å²) in [7, 11) is 4.69. The van der Waals surface area contributed by atoms with E-state index in [4.69, 9.17) is 14.2 Å². The molecule has 0 saturated carbocycles. The molecule has 30 heavy (non-hydrogen) atoms. The first-order chi connectivity index (χ1) is 14.6. The summed E-state index contributed by atoms with van der Waals surface area (Å²) in [6.45, 7) is 0. The van der Waals surface area contributed by atoms with Crippen molar-refractivity contribution in [2.24, 2.45) is 0 Å². The normalized spacial score (nSPS) is 11.3. The first-order valence-electron chi connectivity index (χ1n) is 9.73. The van der Waals surface area contributed by atoms with Crippen molar-refractivity contribution in [1.82, 2.24) is 0 Å². The van der Waals surface area contributed by atoms with Gasteiger partial charge in [-0.1, -0.05) is 60.7 Å². The Morgan fingerprint density at radius 1 is 0.733 bits per heavy atom. The maximum atomic E-state index is 11.7. The van der Waals surface area contributed by atoms with Crippen molar-refractivity contribution in [2.75, 3.05) is 21.3 Å². The summed E-state index contributed by atoms with van der Waals surface area (Å²) >= 11 is 0. The molecule has 0 amide bonds. The van der Waals surface area contributed by atoms with E-state index in [2.05, 4.69) is 36.4 Å². The Labute approximate surface area is 177 Å². The Morgan fingerprint density at radius 3 is 1.63 bits per heavy atom. The summed E-state index contributed by atoms with van der Waals surface area (Å²) in [6.07, 6.45) is 3.92. The number of hydrogen-bond donors (Lipinski definition) is 0. The van der Waals surface area contributed by atoms with Gasteiger partial charge in [-0.15, -0.1) is 0 Å². The van der Waals surface area contributed by atoms with E-state index < -0.39 is 5.41 Å². The Hall–Kier alpha value is -3.53. The molecule has 4 nitrogen and oxygen atoms in total. The molecule has 0 radical (unpaired) electrons. The second kappa shape index (κ2) is 9.79. The lowest BCUT2D eigenvalue weighted by Gasteiger charge is -2.35. The highest BCUT2D eigenvalue weighted by Crippen LogP contribution is 2.43. The lowest BCUT2D eigenvalue weighted by atomic mass is 9.67. The summed E-state index contributed by atoms with van der Waals surface area (Å²) in [5.41, 5.74) is 2.79.